The Morgan fingerprint density at radius 1 is 0.963 bits per heavy atom. The van der Waals surface area contributed by atoms with Crippen molar-refractivity contribution in [2.45, 2.75) is 51.6 Å². The molecule has 2 amide bonds. The number of carbonyl (C=O) groups excluding carboxylic acids is 2. The summed E-state index contributed by atoms with van der Waals surface area (Å²) in [5.41, 5.74) is 2.81. The number of nitrogens with one attached hydrogen (secondary N) is 2. The molecule has 1 fully saturated rings. The first kappa shape index (κ1) is 19.2. The Morgan fingerprint density at radius 3 is 2.26 bits per heavy atom. The minimum Gasteiger partial charge on any atom is -0.352 e. The van der Waals surface area contributed by atoms with Crippen LogP contribution in [0.5, 0.6) is 0 Å². The van der Waals surface area contributed by atoms with E-state index in [1.54, 1.807) is 0 Å². The van der Waals surface area contributed by atoms with Crippen molar-refractivity contribution < 1.29 is 9.59 Å². The smallest absolute Gasteiger partial charge is 0.251 e. The van der Waals surface area contributed by atoms with E-state index in [-0.39, 0.29) is 17.9 Å². The monoisotopic (exact) mass is 364 g/mol. The topological polar surface area (TPSA) is 58.2 Å². The van der Waals surface area contributed by atoms with Gasteiger partial charge in [-0.05, 0) is 42.0 Å². The molecule has 2 aromatic carbocycles. The van der Waals surface area contributed by atoms with Gasteiger partial charge in [0.25, 0.3) is 5.91 Å². The first-order valence-corrected chi connectivity index (χ1v) is 9.82. The predicted octanol–water partition coefficient (Wildman–Crippen LogP) is 4.37. The highest BCUT2D eigenvalue weighted by atomic mass is 16.2. The molecule has 1 unspecified atom stereocenters. The molecule has 1 aliphatic carbocycles. The summed E-state index contributed by atoms with van der Waals surface area (Å²) in [6, 6.07) is 17.8. The van der Waals surface area contributed by atoms with Gasteiger partial charge in [-0.2, -0.15) is 0 Å². The molecule has 142 valence electrons. The van der Waals surface area contributed by atoms with E-state index in [0.717, 1.165) is 18.4 Å². The molecule has 0 bridgehead atoms. The van der Waals surface area contributed by atoms with Crippen molar-refractivity contribution in [2.24, 2.45) is 5.92 Å². The fourth-order valence-corrected chi connectivity index (χ4v) is 3.83. The van der Waals surface area contributed by atoms with Crippen LogP contribution < -0.4 is 10.6 Å². The lowest BCUT2D eigenvalue weighted by molar-refractivity contribution is -0.119. The summed E-state index contributed by atoms with van der Waals surface area (Å²) >= 11 is 0. The third kappa shape index (κ3) is 5.43. The lowest BCUT2D eigenvalue weighted by Crippen LogP contribution is -2.34. The van der Waals surface area contributed by atoms with Gasteiger partial charge < -0.3 is 10.6 Å². The van der Waals surface area contributed by atoms with Crippen molar-refractivity contribution in [2.75, 3.05) is 0 Å². The second kappa shape index (κ2) is 9.36. The van der Waals surface area contributed by atoms with E-state index in [1.807, 2.05) is 42.5 Å². The summed E-state index contributed by atoms with van der Waals surface area (Å²) in [4.78, 5) is 23.9. The Morgan fingerprint density at radius 2 is 1.63 bits per heavy atom. The first-order valence-electron chi connectivity index (χ1n) is 9.82. The molecule has 4 heteroatoms. The van der Waals surface area contributed by atoms with Crippen molar-refractivity contribution in [3.8, 4) is 0 Å². The number of amides is 2. The molecular formula is C23H28N2O2. The molecule has 0 spiro atoms. The standard InChI is InChI=1S/C23H28N2O2/c1-17(26)24-16-18-12-14-21(15-13-18)23(27)25-22(19-8-4-2-5-9-19)20-10-6-3-7-11-20/h2,4-5,8-9,12-15,20,22H,3,6-7,10-11,16H2,1H3,(H,24,26)(H,25,27). The summed E-state index contributed by atoms with van der Waals surface area (Å²) in [6.45, 7) is 1.97. The molecule has 0 aliphatic heterocycles. The largest absolute Gasteiger partial charge is 0.352 e. The van der Waals surface area contributed by atoms with Crippen LogP contribution in [0, 0.1) is 5.92 Å². The minimum absolute atomic E-state index is 0.0412. The quantitative estimate of drug-likeness (QED) is 0.799. The van der Waals surface area contributed by atoms with E-state index in [4.69, 9.17) is 0 Å². The fourth-order valence-electron chi connectivity index (χ4n) is 3.83. The fraction of sp³-hybridized carbons (Fsp3) is 0.391. The highest BCUT2D eigenvalue weighted by Gasteiger charge is 2.26. The number of hydrogen-bond donors (Lipinski definition) is 2. The Hall–Kier alpha value is -2.62. The Labute approximate surface area is 161 Å². The van der Waals surface area contributed by atoms with Crippen LogP contribution >= 0.6 is 0 Å². The van der Waals surface area contributed by atoms with Crippen LogP contribution in [0.3, 0.4) is 0 Å². The molecule has 0 heterocycles. The van der Waals surface area contributed by atoms with Crippen molar-refractivity contribution >= 4 is 11.8 Å². The first-order chi connectivity index (χ1) is 13.1. The molecular weight excluding hydrogens is 336 g/mol. The third-order valence-electron chi connectivity index (χ3n) is 5.32. The van der Waals surface area contributed by atoms with Crippen LogP contribution in [-0.2, 0) is 11.3 Å². The maximum Gasteiger partial charge on any atom is 0.251 e. The van der Waals surface area contributed by atoms with E-state index in [0.29, 0.717) is 18.0 Å². The summed E-state index contributed by atoms with van der Waals surface area (Å²) < 4.78 is 0. The van der Waals surface area contributed by atoms with Crippen LogP contribution in [0.4, 0.5) is 0 Å². The van der Waals surface area contributed by atoms with Crippen molar-refractivity contribution in [1.82, 2.24) is 10.6 Å². The molecule has 27 heavy (non-hydrogen) atoms. The van der Waals surface area contributed by atoms with Crippen molar-refractivity contribution in [3.63, 3.8) is 0 Å². The van der Waals surface area contributed by atoms with Gasteiger partial charge in [0.05, 0.1) is 6.04 Å². The molecule has 1 aliphatic rings. The third-order valence-corrected chi connectivity index (χ3v) is 5.32. The molecule has 2 aromatic rings. The van der Waals surface area contributed by atoms with E-state index in [1.165, 1.54) is 31.7 Å². The van der Waals surface area contributed by atoms with E-state index in [2.05, 4.69) is 22.8 Å². The normalized spacial score (nSPS) is 15.7. The van der Waals surface area contributed by atoms with Gasteiger partial charge in [0.1, 0.15) is 0 Å². The molecule has 1 atom stereocenters. The highest BCUT2D eigenvalue weighted by molar-refractivity contribution is 5.94. The lowest BCUT2D eigenvalue weighted by Gasteiger charge is -2.31. The Bertz CT molecular complexity index is 750. The number of rotatable bonds is 6. The van der Waals surface area contributed by atoms with Crippen LogP contribution in [0.25, 0.3) is 0 Å². The molecule has 4 nitrogen and oxygen atoms in total. The molecule has 2 N–H and O–H groups in total. The summed E-state index contributed by atoms with van der Waals surface area (Å²) in [5.74, 6) is 0.389. The van der Waals surface area contributed by atoms with Gasteiger partial charge in [0.2, 0.25) is 5.91 Å². The van der Waals surface area contributed by atoms with Crippen molar-refractivity contribution in [1.29, 1.82) is 0 Å². The summed E-state index contributed by atoms with van der Waals surface area (Å²) in [7, 11) is 0. The van der Waals surface area contributed by atoms with Gasteiger partial charge in [0.15, 0.2) is 0 Å². The molecule has 1 saturated carbocycles. The zero-order valence-corrected chi connectivity index (χ0v) is 15.9. The number of hydrogen-bond acceptors (Lipinski definition) is 2. The van der Waals surface area contributed by atoms with Gasteiger partial charge >= 0.3 is 0 Å². The minimum atomic E-state index is -0.0602. The van der Waals surface area contributed by atoms with Gasteiger partial charge in [-0.1, -0.05) is 61.7 Å². The van der Waals surface area contributed by atoms with Crippen LogP contribution in [0.1, 0.15) is 66.6 Å². The average Bonchev–Trinajstić information content (AvgIpc) is 2.72. The van der Waals surface area contributed by atoms with E-state index in [9.17, 15) is 9.59 Å². The van der Waals surface area contributed by atoms with Crippen LogP contribution in [-0.4, -0.2) is 11.8 Å². The molecule has 0 aromatic heterocycles. The summed E-state index contributed by atoms with van der Waals surface area (Å²) in [6.07, 6.45) is 6.09. The second-order valence-electron chi connectivity index (χ2n) is 7.37. The molecule has 0 radical (unpaired) electrons. The maximum atomic E-state index is 12.9. The lowest BCUT2D eigenvalue weighted by atomic mass is 9.81. The number of carbonyl (C=O) groups is 2. The predicted molar refractivity (Wildman–Crippen MR) is 107 cm³/mol. The zero-order chi connectivity index (χ0) is 19.1. The van der Waals surface area contributed by atoms with Crippen molar-refractivity contribution in [3.05, 3.63) is 71.3 Å². The van der Waals surface area contributed by atoms with E-state index >= 15 is 0 Å². The zero-order valence-electron chi connectivity index (χ0n) is 15.9. The van der Waals surface area contributed by atoms with Crippen LogP contribution in [0.15, 0.2) is 54.6 Å². The highest BCUT2D eigenvalue weighted by Crippen LogP contribution is 2.34. The number of benzene rings is 2. The Kier molecular flexibility index (Phi) is 6.64. The average molecular weight is 364 g/mol. The molecule has 0 saturated heterocycles. The van der Waals surface area contributed by atoms with Gasteiger partial charge in [0, 0.05) is 19.0 Å². The molecule has 3 rings (SSSR count). The maximum absolute atomic E-state index is 12.9. The Balaban J connectivity index is 1.71. The van der Waals surface area contributed by atoms with Gasteiger partial charge in [-0.25, -0.2) is 0 Å². The van der Waals surface area contributed by atoms with Gasteiger partial charge in [-0.3, -0.25) is 9.59 Å². The van der Waals surface area contributed by atoms with E-state index < -0.39 is 0 Å². The van der Waals surface area contributed by atoms with Gasteiger partial charge in [-0.15, -0.1) is 0 Å². The SMILES string of the molecule is CC(=O)NCc1ccc(C(=O)NC(c2ccccc2)C2CCCCC2)cc1. The second-order valence-corrected chi connectivity index (χ2v) is 7.37. The van der Waals surface area contributed by atoms with Crippen LogP contribution in [0.2, 0.25) is 0 Å². The summed E-state index contributed by atoms with van der Waals surface area (Å²) in [5, 5.41) is 6.05.